The number of alkyl halides is 3. The summed E-state index contributed by atoms with van der Waals surface area (Å²) in [5.74, 6) is 0.447. The van der Waals surface area contributed by atoms with Gasteiger partial charge in [-0.3, -0.25) is 9.78 Å². The molecule has 1 aliphatic rings. The van der Waals surface area contributed by atoms with Crippen LogP contribution in [0.15, 0.2) is 30.6 Å². The highest BCUT2D eigenvalue weighted by molar-refractivity contribution is 5.92. The van der Waals surface area contributed by atoms with Gasteiger partial charge in [0.1, 0.15) is 23.1 Å². The molecule has 0 aliphatic carbocycles. The molecule has 0 bridgehead atoms. The van der Waals surface area contributed by atoms with Crippen LogP contribution in [0.1, 0.15) is 39.8 Å². The number of hydrogen-bond acceptors (Lipinski definition) is 6. The van der Waals surface area contributed by atoms with Gasteiger partial charge in [-0.15, -0.1) is 0 Å². The van der Waals surface area contributed by atoms with Crippen LogP contribution < -0.4 is 5.32 Å². The molecule has 1 aliphatic heterocycles. The molecule has 3 atom stereocenters. The number of ether oxygens (including phenoxy) is 1. The molecule has 35 heavy (non-hydrogen) atoms. The van der Waals surface area contributed by atoms with E-state index in [0.29, 0.717) is 54.3 Å². The van der Waals surface area contributed by atoms with Crippen molar-refractivity contribution in [2.45, 2.75) is 65.1 Å². The van der Waals surface area contributed by atoms with Crippen molar-refractivity contribution in [3.63, 3.8) is 0 Å². The second-order valence-electron chi connectivity index (χ2n) is 8.75. The molecule has 4 rings (SSSR count). The van der Waals surface area contributed by atoms with Crippen LogP contribution in [0.2, 0.25) is 0 Å². The van der Waals surface area contributed by atoms with Gasteiger partial charge >= 0.3 is 6.18 Å². The minimum absolute atomic E-state index is 0.0125. The Morgan fingerprint density at radius 1 is 1.17 bits per heavy atom. The lowest BCUT2D eigenvalue weighted by Gasteiger charge is -2.37. The summed E-state index contributed by atoms with van der Waals surface area (Å²) in [6.07, 6.45) is -1.22. The zero-order valence-electron chi connectivity index (χ0n) is 20.1. The molecule has 1 N–H and O–H groups in total. The number of amides is 1. The van der Waals surface area contributed by atoms with E-state index in [0.717, 1.165) is 6.07 Å². The van der Waals surface area contributed by atoms with Crippen LogP contribution in [-0.2, 0) is 22.3 Å². The quantitative estimate of drug-likeness (QED) is 0.553. The number of aryl methyl sites for hydroxylation is 1. The van der Waals surface area contributed by atoms with E-state index in [1.807, 2.05) is 37.2 Å². The Kier molecular flexibility index (Phi) is 6.98. The number of carbonyl (C=O) groups excluding carboxylic acids is 1. The molecular weight excluding hydrogens is 461 g/mol. The summed E-state index contributed by atoms with van der Waals surface area (Å²) in [5, 5.41) is 3.33. The first-order valence-corrected chi connectivity index (χ1v) is 11.7. The average molecular weight is 491 g/mol. The van der Waals surface area contributed by atoms with E-state index in [-0.39, 0.29) is 18.1 Å². The number of imidazole rings is 1. The number of aromatic nitrogens is 4. The molecule has 3 aromatic heterocycles. The molecule has 8 nitrogen and oxygen atoms in total. The van der Waals surface area contributed by atoms with Crippen molar-refractivity contribution in [1.29, 1.82) is 0 Å². The van der Waals surface area contributed by atoms with Crippen LogP contribution in [0, 0.1) is 0 Å². The number of pyridine rings is 2. The van der Waals surface area contributed by atoms with Crippen LogP contribution in [0.3, 0.4) is 0 Å². The third-order valence-electron chi connectivity index (χ3n) is 6.03. The van der Waals surface area contributed by atoms with E-state index in [1.54, 1.807) is 12.3 Å². The maximum Gasteiger partial charge on any atom is 0.433 e. The first-order chi connectivity index (χ1) is 16.6. The number of anilines is 1. The third kappa shape index (κ3) is 5.09. The van der Waals surface area contributed by atoms with Crippen molar-refractivity contribution < 1.29 is 22.7 Å². The summed E-state index contributed by atoms with van der Waals surface area (Å²) in [6, 6.07) is 3.58. The molecule has 1 saturated heterocycles. The number of morpholine rings is 1. The van der Waals surface area contributed by atoms with E-state index in [1.165, 1.54) is 12.3 Å². The highest BCUT2D eigenvalue weighted by atomic mass is 19.4. The largest absolute Gasteiger partial charge is 0.433 e. The second-order valence-corrected chi connectivity index (χ2v) is 8.75. The Morgan fingerprint density at radius 2 is 1.89 bits per heavy atom. The van der Waals surface area contributed by atoms with Gasteiger partial charge in [-0.2, -0.15) is 13.2 Å². The van der Waals surface area contributed by atoms with E-state index in [9.17, 15) is 18.0 Å². The Morgan fingerprint density at radius 3 is 2.46 bits per heavy atom. The predicted octanol–water partition coefficient (Wildman–Crippen LogP) is 4.36. The van der Waals surface area contributed by atoms with E-state index in [4.69, 9.17) is 9.72 Å². The Balaban J connectivity index is 1.66. The SMILES string of the molecule is CCC(Nc1ccnc2c1nc(-c1ccc(C(F)(F)F)nc1)n2CC)C(=O)N1CC(C)OC(C)C1. The van der Waals surface area contributed by atoms with Crippen LogP contribution in [-0.4, -0.2) is 61.7 Å². The highest BCUT2D eigenvalue weighted by Gasteiger charge is 2.33. The molecule has 0 aromatic carbocycles. The number of nitrogens with one attached hydrogen (secondary N) is 1. The number of hydrogen-bond donors (Lipinski definition) is 1. The molecule has 3 unspecified atom stereocenters. The maximum absolute atomic E-state index is 13.3. The molecule has 0 radical (unpaired) electrons. The van der Waals surface area contributed by atoms with Gasteiger partial charge in [0.25, 0.3) is 0 Å². The standard InChI is InChI=1S/C24H29F3N6O2/c1-5-17(23(34)32-12-14(3)35-15(4)13-32)30-18-9-10-28-22-20(18)31-21(33(22)6-2)16-7-8-19(29-11-16)24(25,26)27/h7-11,14-15,17H,5-6,12-13H2,1-4H3,(H,28,30). The lowest BCUT2D eigenvalue weighted by atomic mass is 10.1. The minimum atomic E-state index is -4.51. The number of fused-ring (bicyclic) bond motifs is 1. The molecule has 4 heterocycles. The van der Waals surface area contributed by atoms with Gasteiger partial charge in [0.15, 0.2) is 5.65 Å². The topological polar surface area (TPSA) is 85.2 Å². The van der Waals surface area contributed by atoms with Crippen molar-refractivity contribution in [3.8, 4) is 11.4 Å². The average Bonchev–Trinajstić information content (AvgIpc) is 3.20. The molecule has 11 heteroatoms. The fraction of sp³-hybridized carbons (Fsp3) is 0.500. The monoisotopic (exact) mass is 490 g/mol. The van der Waals surface area contributed by atoms with Crippen molar-refractivity contribution >= 4 is 22.8 Å². The van der Waals surface area contributed by atoms with Gasteiger partial charge in [0.2, 0.25) is 5.91 Å². The molecular formula is C24H29F3N6O2. The van der Waals surface area contributed by atoms with Crippen molar-refractivity contribution in [3.05, 3.63) is 36.3 Å². The van der Waals surface area contributed by atoms with Gasteiger partial charge in [0.05, 0.1) is 17.9 Å². The predicted molar refractivity (Wildman–Crippen MR) is 126 cm³/mol. The van der Waals surface area contributed by atoms with Gasteiger partial charge in [-0.1, -0.05) is 6.92 Å². The van der Waals surface area contributed by atoms with E-state index < -0.39 is 17.9 Å². The molecule has 188 valence electrons. The van der Waals surface area contributed by atoms with E-state index >= 15 is 0 Å². The van der Waals surface area contributed by atoms with Crippen LogP contribution >= 0.6 is 0 Å². The Bertz CT molecular complexity index is 1180. The number of nitrogens with zero attached hydrogens (tertiary/aromatic N) is 5. The molecule has 1 fully saturated rings. The van der Waals surface area contributed by atoms with Gasteiger partial charge < -0.3 is 19.5 Å². The minimum Gasteiger partial charge on any atom is -0.372 e. The number of halogens is 3. The molecule has 1 amide bonds. The first-order valence-electron chi connectivity index (χ1n) is 11.7. The van der Waals surface area contributed by atoms with Crippen LogP contribution in [0.25, 0.3) is 22.6 Å². The summed E-state index contributed by atoms with van der Waals surface area (Å²) in [6.45, 7) is 9.31. The molecule has 3 aromatic rings. The summed E-state index contributed by atoms with van der Waals surface area (Å²) in [7, 11) is 0. The van der Waals surface area contributed by atoms with Crippen LogP contribution in [0.5, 0.6) is 0 Å². The summed E-state index contributed by atoms with van der Waals surface area (Å²) in [5.41, 5.74) is 1.24. The van der Waals surface area contributed by atoms with Gasteiger partial charge in [-0.25, -0.2) is 9.97 Å². The van der Waals surface area contributed by atoms with Crippen molar-refractivity contribution in [2.75, 3.05) is 18.4 Å². The first kappa shape index (κ1) is 24.9. The van der Waals surface area contributed by atoms with Gasteiger partial charge in [-0.05, 0) is 45.4 Å². The second kappa shape index (κ2) is 9.80. The fourth-order valence-electron chi connectivity index (χ4n) is 4.45. The molecule has 0 saturated carbocycles. The third-order valence-corrected chi connectivity index (χ3v) is 6.03. The number of carbonyl (C=O) groups is 1. The van der Waals surface area contributed by atoms with Crippen molar-refractivity contribution in [1.82, 2.24) is 24.4 Å². The maximum atomic E-state index is 13.3. The Labute approximate surface area is 201 Å². The summed E-state index contributed by atoms with van der Waals surface area (Å²) < 4.78 is 46.4. The summed E-state index contributed by atoms with van der Waals surface area (Å²) in [4.78, 5) is 27.8. The Hall–Kier alpha value is -3.21. The summed E-state index contributed by atoms with van der Waals surface area (Å²) >= 11 is 0. The van der Waals surface area contributed by atoms with E-state index in [2.05, 4.69) is 15.3 Å². The lowest BCUT2D eigenvalue weighted by molar-refractivity contribution is -0.144. The zero-order valence-corrected chi connectivity index (χ0v) is 20.1. The van der Waals surface area contributed by atoms with Gasteiger partial charge in [0, 0.05) is 37.6 Å². The normalized spacial score (nSPS) is 19.7. The molecule has 0 spiro atoms. The fourth-order valence-corrected chi connectivity index (χ4v) is 4.45. The smallest absolute Gasteiger partial charge is 0.372 e. The lowest BCUT2D eigenvalue weighted by Crippen LogP contribution is -2.52. The zero-order chi connectivity index (χ0) is 25.3. The van der Waals surface area contributed by atoms with Crippen LogP contribution in [0.4, 0.5) is 18.9 Å². The van der Waals surface area contributed by atoms with Crippen molar-refractivity contribution in [2.24, 2.45) is 0 Å². The highest BCUT2D eigenvalue weighted by Crippen LogP contribution is 2.31. The number of rotatable bonds is 6.